The second-order valence-corrected chi connectivity index (χ2v) is 2.28. The Kier molecular flexibility index (Phi) is 1.88. The van der Waals surface area contributed by atoms with E-state index in [0.29, 0.717) is 12.0 Å². The molecule has 0 spiro atoms. The van der Waals surface area contributed by atoms with E-state index >= 15 is 0 Å². The van der Waals surface area contributed by atoms with Gasteiger partial charge in [0.05, 0.1) is 6.26 Å². The average Bonchev–Trinajstić information content (AvgIpc) is 1.89. The lowest BCUT2D eigenvalue weighted by Crippen LogP contribution is -2.07. The molecule has 50 valence electrons. The fourth-order valence-corrected chi connectivity index (χ4v) is 1.04. The van der Waals surface area contributed by atoms with Crippen LogP contribution in [0.15, 0.2) is 11.8 Å². The molecule has 0 aromatic carbocycles. The van der Waals surface area contributed by atoms with E-state index in [1.807, 2.05) is 0 Å². The third kappa shape index (κ3) is 1.31. The van der Waals surface area contributed by atoms with Crippen molar-refractivity contribution in [3.8, 4) is 0 Å². The summed E-state index contributed by atoms with van der Waals surface area (Å²) in [6.07, 6.45) is 4.34. The molecule has 0 radical (unpaired) electrons. The van der Waals surface area contributed by atoms with Crippen molar-refractivity contribution in [2.45, 2.75) is 25.7 Å². The molecule has 1 rings (SSSR count). The van der Waals surface area contributed by atoms with Gasteiger partial charge < -0.3 is 5.11 Å². The molecular formula is C7H10O2. The number of carbonyl (C=O) groups excluding carboxylic acids is 1. The highest BCUT2D eigenvalue weighted by Gasteiger charge is 2.13. The fourth-order valence-electron chi connectivity index (χ4n) is 1.04. The number of carbonyl (C=O) groups is 1. The van der Waals surface area contributed by atoms with Crippen LogP contribution in [0.4, 0.5) is 0 Å². The fraction of sp³-hybridized carbons (Fsp3) is 0.571. The van der Waals surface area contributed by atoms with Gasteiger partial charge in [0, 0.05) is 12.0 Å². The van der Waals surface area contributed by atoms with Crippen LogP contribution in [0.1, 0.15) is 25.7 Å². The van der Waals surface area contributed by atoms with Crippen LogP contribution in [0.2, 0.25) is 0 Å². The molecule has 2 nitrogen and oxygen atoms in total. The number of aliphatic hydroxyl groups excluding tert-OH is 1. The van der Waals surface area contributed by atoms with Crippen LogP contribution in [-0.2, 0) is 4.79 Å². The van der Waals surface area contributed by atoms with Gasteiger partial charge in [-0.05, 0) is 19.3 Å². The molecular weight excluding hydrogens is 116 g/mol. The van der Waals surface area contributed by atoms with Gasteiger partial charge in [-0.3, -0.25) is 4.79 Å². The summed E-state index contributed by atoms with van der Waals surface area (Å²) in [5.41, 5.74) is 0.598. The maximum atomic E-state index is 10.8. The van der Waals surface area contributed by atoms with Gasteiger partial charge in [0.25, 0.3) is 0 Å². The van der Waals surface area contributed by atoms with Gasteiger partial charge in [-0.1, -0.05) is 0 Å². The largest absolute Gasteiger partial charge is 0.515 e. The molecule has 0 aromatic rings. The summed E-state index contributed by atoms with van der Waals surface area (Å²) in [6.45, 7) is 0. The molecule has 0 bridgehead atoms. The summed E-state index contributed by atoms with van der Waals surface area (Å²) >= 11 is 0. The first-order valence-electron chi connectivity index (χ1n) is 3.21. The van der Waals surface area contributed by atoms with Crippen LogP contribution in [0.3, 0.4) is 0 Å². The van der Waals surface area contributed by atoms with E-state index in [4.69, 9.17) is 5.11 Å². The lowest BCUT2D eigenvalue weighted by atomic mass is 9.95. The Balaban J connectivity index is 2.60. The molecule has 2 heteroatoms. The van der Waals surface area contributed by atoms with Gasteiger partial charge in [-0.15, -0.1) is 0 Å². The second-order valence-electron chi connectivity index (χ2n) is 2.28. The average molecular weight is 126 g/mol. The first-order valence-corrected chi connectivity index (χ1v) is 3.21. The molecule has 9 heavy (non-hydrogen) atoms. The van der Waals surface area contributed by atoms with E-state index in [-0.39, 0.29) is 5.78 Å². The highest BCUT2D eigenvalue weighted by atomic mass is 16.2. The normalized spacial score (nSPS) is 24.9. The molecule has 0 unspecified atom stereocenters. The van der Waals surface area contributed by atoms with Crippen LogP contribution >= 0.6 is 0 Å². The Morgan fingerprint density at radius 2 is 2.00 bits per heavy atom. The zero-order valence-electron chi connectivity index (χ0n) is 5.26. The number of allylic oxidation sites excluding steroid dienone is 1. The SMILES string of the molecule is O=C1CCCCC1=CO. The molecule has 1 aliphatic rings. The summed E-state index contributed by atoms with van der Waals surface area (Å²) in [5.74, 6) is 0.115. The summed E-state index contributed by atoms with van der Waals surface area (Å²) in [4.78, 5) is 10.8. The maximum absolute atomic E-state index is 10.8. The molecule has 1 aliphatic carbocycles. The molecule has 0 saturated heterocycles. The minimum absolute atomic E-state index is 0.115. The van der Waals surface area contributed by atoms with Crippen LogP contribution < -0.4 is 0 Å². The van der Waals surface area contributed by atoms with Gasteiger partial charge in [-0.2, -0.15) is 0 Å². The number of rotatable bonds is 0. The van der Waals surface area contributed by atoms with Crippen molar-refractivity contribution in [1.29, 1.82) is 0 Å². The molecule has 1 N–H and O–H groups in total. The van der Waals surface area contributed by atoms with Gasteiger partial charge >= 0.3 is 0 Å². The maximum Gasteiger partial charge on any atom is 0.161 e. The van der Waals surface area contributed by atoms with E-state index < -0.39 is 0 Å². The van der Waals surface area contributed by atoms with Crippen molar-refractivity contribution in [2.75, 3.05) is 0 Å². The zero-order valence-corrected chi connectivity index (χ0v) is 5.26. The van der Waals surface area contributed by atoms with Gasteiger partial charge in [0.1, 0.15) is 0 Å². The Hall–Kier alpha value is -0.790. The number of ketones is 1. The monoisotopic (exact) mass is 126 g/mol. The quantitative estimate of drug-likeness (QED) is 0.395. The van der Waals surface area contributed by atoms with Crippen molar-refractivity contribution < 1.29 is 9.90 Å². The minimum atomic E-state index is 0.115. The van der Waals surface area contributed by atoms with Crippen molar-refractivity contribution in [3.05, 3.63) is 11.8 Å². The summed E-state index contributed by atoms with van der Waals surface area (Å²) in [6, 6.07) is 0. The Morgan fingerprint density at radius 1 is 1.33 bits per heavy atom. The first-order chi connectivity index (χ1) is 4.34. The van der Waals surface area contributed by atoms with Crippen molar-refractivity contribution in [1.82, 2.24) is 0 Å². The molecule has 1 fully saturated rings. The minimum Gasteiger partial charge on any atom is -0.515 e. The van der Waals surface area contributed by atoms with Crippen LogP contribution in [-0.4, -0.2) is 10.9 Å². The van der Waals surface area contributed by atoms with E-state index in [0.717, 1.165) is 25.5 Å². The van der Waals surface area contributed by atoms with Crippen molar-refractivity contribution >= 4 is 5.78 Å². The molecule has 1 saturated carbocycles. The van der Waals surface area contributed by atoms with Crippen molar-refractivity contribution in [3.63, 3.8) is 0 Å². The first kappa shape index (κ1) is 6.33. The van der Waals surface area contributed by atoms with E-state index in [2.05, 4.69) is 0 Å². The molecule has 0 aromatic heterocycles. The smallest absolute Gasteiger partial charge is 0.161 e. The number of aliphatic hydroxyl groups is 1. The summed E-state index contributed by atoms with van der Waals surface area (Å²) < 4.78 is 0. The highest BCUT2D eigenvalue weighted by molar-refractivity contribution is 5.95. The highest BCUT2D eigenvalue weighted by Crippen LogP contribution is 2.18. The zero-order chi connectivity index (χ0) is 6.69. The molecule has 0 amide bonds. The van der Waals surface area contributed by atoms with Crippen LogP contribution in [0.5, 0.6) is 0 Å². The number of hydrogen-bond acceptors (Lipinski definition) is 2. The van der Waals surface area contributed by atoms with E-state index in [1.54, 1.807) is 0 Å². The Labute approximate surface area is 54.2 Å². The molecule has 0 heterocycles. The third-order valence-corrected chi connectivity index (χ3v) is 1.61. The molecule has 0 atom stereocenters. The lowest BCUT2D eigenvalue weighted by Gasteiger charge is -2.09. The lowest BCUT2D eigenvalue weighted by molar-refractivity contribution is -0.116. The van der Waals surface area contributed by atoms with Crippen LogP contribution in [0, 0.1) is 0 Å². The standard InChI is InChI=1S/C7H10O2/c8-5-6-3-1-2-4-7(6)9/h5,8H,1-4H2. The number of hydrogen-bond donors (Lipinski definition) is 1. The molecule has 0 aliphatic heterocycles. The van der Waals surface area contributed by atoms with Gasteiger partial charge in [0.15, 0.2) is 5.78 Å². The Bertz CT molecular complexity index is 147. The van der Waals surface area contributed by atoms with Crippen molar-refractivity contribution in [2.24, 2.45) is 0 Å². The summed E-state index contributed by atoms with van der Waals surface area (Å²) in [7, 11) is 0. The van der Waals surface area contributed by atoms with Gasteiger partial charge in [0.2, 0.25) is 0 Å². The van der Waals surface area contributed by atoms with E-state index in [1.165, 1.54) is 0 Å². The van der Waals surface area contributed by atoms with Gasteiger partial charge in [-0.25, -0.2) is 0 Å². The summed E-state index contributed by atoms with van der Waals surface area (Å²) in [5, 5.41) is 8.48. The predicted octanol–water partition coefficient (Wildman–Crippen LogP) is 1.57. The topological polar surface area (TPSA) is 37.3 Å². The predicted molar refractivity (Wildman–Crippen MR) is 34.2 cm³/mol. The number of Topliss-reactive ketones (excluding diaryl/α,β-unsaturated/α-hetero) is 1. The van der Waals surface area contributed by atoms with Crippen LogP contribution in [0.25, 0.3) is 0 Å². The Morgan fingerprint density at radius 3 is 2.44 bits per heavy atom. The second kappa shape index (κ2) is 2.67. The van der Waals surface area contributed by atoms with E-state index in [9.17, 15) is 4.79 Å². The third-order valence-electron chi connectivity index (χ3n) is 1.61.